The van der Waals surface area contributed by atoms with Crippen LogP contribution in [0.25, 0.3) is 0 Å². The molecule has 0 saturated heterocycles. The van der Waals surface area contributed by atoms with Gasteiger partial charge in [0.2, 0.25) is 5.13 Å². The third-order valence-corrected chi connectivity index (χ3v) is 3.48. The summed E-state index contributed by atoms with van der Waals surface area (Å²) in [7, 11) is 0. The molecule has 0 bridgehead atoms. The van der Waals surface area contributed by atoms with Crippen LogP contribution in [0.4, 0.5) is 5.13 Å². The summed E-state index contributed by atoms with van der Waals surface area (Å²) in [5.41, 5.74) is 1.18. The predicted octanol–water partition coefficient (Wildman–Crippen LogP) is 2.32. The first-order valence-electron chi connectivity index (χ1n) is 5.88. The summed E-state index contributed by atoms with van der Waals surface area (Å²) in [5.74, 6) is 0. The zero-order chi connectivity index (χ0) is 12.1. The van der Waals surface area contributed by atoms with Crippen molar-refractivity contribution in [2.24, 2.45) is 0 Å². The van der Waals surface area contributed by atoms with Crippen LogP contribution in [0.5, 0.6) is 0 Å². The van der Waals surface area contributed by atoms with Crippen LogP contribution in [0.2, 0.25) is 0 Å². The zero-order valence-electron chi connectivity index (χ0n) is 10.2. The fourth-order valence-corrected chi connectivity index (χ4v) is 2.25. The van der Waals surface area contributed by atoms with Crippen molar-refractivity contribution in [3.63, 3.8) is 0 Å². The molecule has 92 valence electrons. The van der Waals surface area contributed by atoms with Gasteiger partial charge < -0.3 is 9.88 Å². The van der Waals surface area contributed by atoms with E-state index in [1.807, 2.05) is 12.5 Å². The maximum atomic E-state index is 4.16. The van der Waals surface area contributed by atoms with E-state index in [1.54, 1.807) is 11.3 Å². The molecule has 0 spiro atoms. The maximum Gasteiger partial charge on any atom is 0.205 e. The van der Waals surface area contributed by atoms with E-state index in [-0.39, 0.29) is 0 Å². The Morgan fingerprint density at radius 2 is 2.24 bits per heavy atom. The summed E-state index contributed by atoms with van der Waals surface area (Å²) in [5, 5.41) is 13.4. The van der Waals surface area contributed by atoms with Gasteiger partial charge in [0, 0.05) is 12.7 Å². The average Bonchev–Trinajstić information content (AvgIpc) is 2.95. The van der Waals surface area contributed by atoms with Gasteiger partial charge in [0.05, 0.1) is 18.6 Å². The van der Waals surface area contributed by atoms with Gasteiger partial charge in [-0.1, -0.05) is 25.2 Å². The van der Waals surface area contributed by atoms with Gasteiger partial charge in [0.1, 0.15) is 5.01 Å². The van der Waals surface area contributed by atoms with Crippen molar-refractivity contribution in [1.82, 2.24) is 19.7 Å². The number of hydrogen-bond donors (Lipinski definition) is 1. The summed E-state index contributed by atoms with van der Waals surface area (Å²) < 4.78 is 2.16. The van der Waals surface area contributed by atoms with Gasteiger partial charge in [0.25, 0.3) is 0 Å². The SMILES string of the molecule is CCCn1cncc1CNc1nnc(CC)s1. The lowest BCUT2D eigenvalue weighted by Crippen LogP contribution is -2.06. The van der Waals surface area contributed by atoms with Crippen molar-refractivity contribution < 1.29 is 0 Å². The normalized spacial score (nSPS) is 10.7. The van der Waals surface area contributed by atoms with Gasteiger partial charge in [-0.25, -0.2) is 4.98 Å². The Balaban J connectivity index is 1.94. The highest BCUT2D eigenvalue weighted by atomic mass is 32.1. The molecule has 0 unspecified atom stereocenters. The van der Waals surface area contributed by atoms with Gasteiger partial charge in [-0.3, -0.25) is 0 Å². The largest absolute Gasteiger partial charge is 0.354 e. The number of imidazole rings is 1. The van der Waals surface area contributed by atoms with E-state index < -0.39 is 0 Å². The molecule has 0 aliphatic rings. The second-order valence-electron chi connectivity index (χ2n) is 3.79. The number of anilines is 1. The topological polar surface area (TPSA) is 55.6 Å². The highest BCUT2D eigenvalue weighted by molar-refractivity contribution is 7.15. The third kappa shape index (κ3) is 3.03. The summed E-state index contributed by atoms with van der Waals surface area (Å²) in [6.07, 6.45) is 5.82. The van der Waals surface area contributed by atoms with Crippen molar-refractivity contribution in [1.29, 1.82) is 0 Å². The molecule has 0 amide bonds. The lowest BCUT2D eigenvalue weighted by molar-refractivity contribution is 0.651. The van der Waals surface area contributed by atoms with Gasteiger partial charge in [0.15, 0.2) is 0 Å². The molecular weight excluding hydrogens is 234 g/mol. The first-order valence-corrected chi connectivity index (χ1v) is 6.70. The Morgan fingerprint density at radius 1 is 1.35 bits per heavy atom. The van der Waals surface area contributed by atoms with E-state index in [4.69, 9.17) is 0 Å². The molecule has 0 aliphatic heterocycles. The first-order chi connectivity index (χ1) is 8.33. The smallest absolute Gasteiger partial charge is 0.205 e. The molecule has 2 rings (SSSR count). The van der Waals surface area contributed by atoms with Gasteiger partial charge in [-0.2, -0.15) is 0 Å². The number of aryl methyl sites for hydroxylation is 2. The minimum absolute atomic E-state index is 0.748. The van der Waals surface area contributed by atoms with Gasteiger partial charge in [-0.05, 0) is 12.8 Å². The van der Waals surface area contributed by atoms with Crippen molar-refractivity contribution in [2.45, 2.75) is 39.8 Å². The van der Waals surface area contributed by atoms with Crippen LogP contribution >= 0.6 is 11.3 Å². The number of nitrogens with one attached hydrogen (secondary N) is 1. The van der Waals surface area contributed by atoms with Crippen molar-refractivity contribution in [2.75, 3.05) is 5.32 Å². The van der Waals surface area contributed by atoms with E-state index in [1.165, 1.54) is 5.69 Å². The second kappa shape index (κ2) is 5.77. The highest BCUT2D eigenvalue weighted by Crippen LogP contribution is 2.16. The van der Waals surface area contributed by atoms with E-state index in [9.17, 15) is 0 Å². The Bertz CT molecular complexity index is 462. The Labute approximate surface area is 105 Å². The molecular formula is C11H17N5S. The molecule has 2 heterocycles. The number of rotatable bonds is 6. The van der Waals surface area contributed by atoms with Crippen LogP contribution in [-0.4, -0.2) is 19.7 Å². The predicted molar refractivity (Wildman–Crippen MR) is 69.1 cm³/mol. The van der Waals surface area contributed by atoms with Crippen LogP contribution in [0, 0.1) is 0 Å². The molecule has 0 fully saturated rings. The Morgan fingerprint density at radius 3 is 2.94 bits per heavy atom. The molecule has 0 saturated carbocycles. The van der Waals surface area contributed by atoms with Crippen LogP contribution < -0.4 is 5.32 Å². The molecule has 0 aliphatic carbocycles. The fraction of sp³-hybridized carbons (Fsp3) is 0.545. The maximum absolute atomic E-state index is 4.16. The zero-order valence-corrected chi connectivity index (χ0v) is 11.0. The highest BCUT2D eigenvalue weighted by Gasteiger charge is 2.04. The van der Waals surface area contributed by atoms with Crippen LogP contribution in [0.3, 0.4) is 0 Å². The number of hydrogen-bond acceptors (Lipinski definition) is 5. The molecule has 2 aromatic heterocycles. The lowest BCUT2D eigenvalue weighted by atomic mass is 10.4. The van der Waals surface area contributed by atoms with E-state index in [0.717, 1.165) is 36.1 Å². The van der Waals surface area contributed by atoms with E-state index >= 15 is 0 Å². The molecule has 0 radical (unpaired) electrons. The average molecular weight is 251 g/mol. The monoisotopic (exact) mass is 251 g/mol. The van der Waals surface area contributed by atoms with Crippen molar-refractivity contribution >= 4 is 16.5 Å². The lowest BCUT2D eigenvalue weighted by Gasteiger charge is -2.06. The van der Waals surface area contributed by atoms with Crippen LogP contribution in [0.15, 0.2) is 12.5 Å². The van der Waals surface area contributed by atoms with E-state index in [0.29, 0.717) is 0 Å². The standard InChI is InChI=1S/C11H17N5S/c1-3-5-16-8-12-6-9(16)7-13-11-15-14-10(4-2)17-11/h6,8H,3-5,7H2,1-2H3,(H,13,15). The van der Waals surface area contributed by atoms with Crippen molar-refractivity contribution in [3.05, 3.63) is 23.2 Å². The van der Waals surface area contributed by atoms with E-state index in [2.05, 4.69) is 38.9 Å². The summed E-state index contributed by atoms with van der Waals surface area (Å²) in [4.78, 5) is 4.16. The summed E-state index contributed by atoms with van der Waals surface area (Å²) in [6, 6.07) is 0. The second-order valence-corrected chi connectivity index (χ2v) is 4.85. The minimum atomic E-state index is 0.748. The molecule has 0 aromatic carbocycles. The molecule has 6 heteroatoms. The summed E-state index contributed by atoms with van der Waals surface area (Å²) in [6.45, 7) is 6.00. The first kappa shape index (κ1) is 12.0. The van der Waals surface area contributed by atoms with Gasteiger partial charge in [-0.15, -0.1) is 10.2 Å². The molecule has 5 nitrogen and oxygen atoms in total. The Kier molecular flexibility index (Phi) is 4.08. The molecule has 0 atom stereocenters. The molecule has 17 heavy (non-hydrogen) atoms. The quantitative estimate of drug-likeness (QED) is 0.856. The van der Waals surface area contributed by atoms with Crippen molar-refractivity contribution in [3.8, 4) is 0 Å². The van der Waals surface area contributed by atoms with Crippen LogP contribution in [0.1, 0.15) is 31.0 Å². The Hall–Kier alpha value is -1.43. The van der Waals surface area contributed by atoms with Crippen LogP contribution in [-0.2, 0) is 19.5 Å². The van der Waals surface area contributed by atoms with Gasteiger partial charge >= 0.3 is 0 Å². The number of aromatic nitrogens is 4. The molecule has 2 aromatic rings. The minimum Gasteiger partial charge on any atom is -0.354 e. The third-order valence-electron chi connectivity index (χ3n) is 2.45. The summed E-state index contributed by atoms with van der Waals surface area (Å²) >= 11 is 1.61. The number of nitrogens with zero attached hydrogens (tertiary/aromatic N) is 4. The fourth-order valence-electron chi connectivity index (χ4n) is 1.57. The molecule has 1 N–H and O–H groups in total.